The van der Waals surface area contributed by atoms with E-state index in [-0.39, 0.29) is 11.7 Å². The summed E-state index contributed by atoms with van der Waals surface area (Å²) in [4.78, 5) is 49.8. The largest absolute Gasteiger partial charge is 0.480 e. The van der Waals surface area contributed by atoms with Gasteiger partial charge in [-0.05, 0) is 38.2 Å². The summed E-state index contributed by atoms with van der Waals surface area (Å²) in [6.45, 7) is 1.78. The Kier molecular flexibility index (Phi) is 9.95. The molecule has 4 atom stereocenters. The number of amides is 3. The zero-order chi connectivity index (χ0) is 20.6. The van der Waals surface area contributed by atoms with Crippen LogP contribution in [0.15, 0.2) is 0 Å². The van der Waals surface area contributed by atoms with Crippen molar-refractivity contribution in [3.8, 4) is 0 Å². The van der Waals surface area contributed by atoms with E-state index in [9.17, 15) is 19.2 Å². The van der Waals surface area contributed by atoms with E-state index in [1.807, 2.05) is 6.26 Å². The Morgan fingerprint density at radius 1 is 1.33 bits per heavy atom. The van der Waals surface area contributed by atoms with Crippen molar-refractivity contribution in [3.63, 3.8) is 0 Å². The highest BCUT2D eigenvalue weighted by Crippen LogP contribution is 2.19. The molecular formula is C16H28N4O5S2. The molecule has 0 saturated carbocycles. The van der Waals surface area contributed by atoms with Gasteiger partial charge >= 0.3 is 5.97 Å². The third-order valence-electron chi connectivity index (χ3n) is 4.33. The molecule has 1 rings (SSSR count). The molecule has 1 aliphatic rings. The Morgan fingerprint density at radius 3 is 2.56 bits per heavy atom. The summed E-state index contributed by atoms with van der Waals surface area (Å²) in [5.74, 6) is -1.71. The van der Waals surface area contributed by atoms with Gasteiger partial charge in [0.2, 0.25) is 17.7 Å². The molecule has 0 aromatic rings. The van der Waals surface area contributed by atoms with Gasteiger partial charge in [0.05, 0.1) is 6.04 Å². The van der Waals surface area contributed by atoms with Gasteiger partial charge in [-0.1, -0.05) is 0 Å². The summed E-state index contributed by atoms with van der Waals surface area (Å²) in [7, 11) is 0. The van der Waals surface area contributed by atoms with Crippen LogP contribution in [-0.2, 0) is 19.2 Å². The lowest BCUT2D eigenvalue weighted by Gasteiger charge is -2.28. The van der Waals surface area contributed by atoms with Gasteiger partial charge in [-0.15, -0.1) is 0 Å². The quantitative estimate of drug-likeness (QED) is 0.287. The van der Waals surface area contributed by atoms with E-state index in [4.69, 9.17) is 10.8 Å². The number of nitrogens with two attached hydrogens (primary N) is 1. The highest BCUT2D eigenvalue weighted by atomic mass is 32.2. The Balaban J connectivity index is 2.81. The van der Waals surface area contributed by atoms with E-state index in [0.717, 1.165) is 0 Å². The van der Waals surface area contributed by atoms with Crippen molar-refractivity contribution < 1.29 is 24.3 Å². The van der Waals surface area contributed by atoms with Crippen LogP contribution < -0.4 is 16.4 Å². The second kappa shape index (κ2) is 11.4. The van der Waals surface area contributed by atoms with Gasteiger partial charge in [-0.25, -0.2) is 0 Å². The molecule has 4 unspecified atom stereocenters. The number of hydrogen-bond donors (Lipinski definition) is 5. The number of likely N-dealkylation sites (tertiary alicyclic amines) is 1. The average molecular weight is 421 g/mol. The number of carbonyl (C=O) groups is 4. The molecule has 0 aromatic heterocycles. The van der Waals surface area contributed by atoms with Gasteiger partial charge in [0.1, 0.15) is 18.1 Å². The average Bonchev–Trinajstić information content (AvgIpc) is 3.13. The monoisotopic (exact) mass is 420 g/mol. The summed E-state index contributed by atoms with van der Waals surface area (Å²) in [6, 6.07) is -3.41. The van der Waals surface area contributed by atoms with Crippen molar-refractivity contribution in [2.45, 2.75) is 50.4 Å². The van der Waals surface area contributed by atoms with Gasteiger partial charge in [-0.2, -0.15) is 24.4 Å². The Morgan fingerprint density at radius 2 is 2.00 bits per heavy atom. The number of carboxylic acid groups (broad SMARTS) is 1. The number of nitrogens with one attached hydrogen (secondary N) is 2. The van der Waals surface area contributed by atoms with E-state index in [2.05, 4.69) is 23.3 Å². The fourth-order valence-electron chi connectivity index (χ4n) is 2.74. The maximum Gasteiger partial charge on any atom is 0.325 e. The van der Waals surface area contributed by atoms with Crippen molar-refractivity contribution in [2.75, 3.05) is 24.3 Å². The lowest BCUT2D eigenvalue weighted by molar-refractivity contribution is -0.142. The molecule has 0 radical (unpaired) electrons. The predicted molar refractivity (Wildman–Crippen MR) is 107 cm³/mol. The molecule has 3 amide bonds. The van der Waals surface area contributed by atoms with Crippen LogP contribution in [0.3, 0.4) is 0 Å². The summed E-state index contributed by atoms with van der Waals surface area (Å²) in [5.41, 5.74) is 5.74. The van der Waals surface area contributed by atoms with E-state index in [1.54, 1.807) is 0 Å². The lowest BCUT2D eigenvalue weighted by atomic mass is 10.1. The first-order valence-corrected chi connectivity index (χ1v) is 10.7. The fraction of sp³-hybridized carbons (Fsp3) is 0.750. The number of nitrogens with zero attached hydrogens (tertiary/aromatic N) is 1. The van der Waals surface area contributed by atoms with Crippen LogP contribution in [0.5, 0.6) is 0 Å². The molecule has 0 bridgehead atoms. The number of thioether (sulfide) groups is 1. The van der Waals surface area contributed by atoms with Crippen LogP contribution in [0.2, 0.25) is 0 Å². The van der Waals surface area contributed by atoms with Crippen molar-refractivity contribution in [3.05, 3.63) is 0 Å². The molecule has 1 saturated heterocycles. The molecule has 27 heavy (non-hydrogen) atoms. The maximum absolute atomic E-state index is 12.7. The Labute approximate surface area is 168 Å². The first-order valence-electron chi connectivity index (χ1n) is 8.72. The number of carbonyl (C=O) groups excluding carboxylic acids is 3. The van der Waals surface area contributed by atoms with Crippen molar-refractivity contribution in [1.29, 1.82) is 0 Å². The molecule has 0 spiro atoms. The number of hydrogen-bond acceptors (Lipinski definition) is 7. The van der Waals surface area contributed by atoms with E-state index >= 15 is 0 Å². The zero-order valence-corrected chi connectivity index (χ0v) is 17.2. The normalized spacial score (nSPS) is 19.9. The van der Waals surface area contributed by atoms with Crippen molar-refractivity contribution in [1.82, 2.24) is 15.5 Å². The van der Waals surface area contributed by atoms with E-state index in [1.165, 1.54) is 23.6 Å². The minimum Gasteiger partial charge on any atom is -0.480 e. The number of rotatable bonds is 10. The maximum atomic E-state index is 12.7. The highest BCUT2D eigenvalue weighted by molar-refractivity contribution is 7.98. The first-order chi connectivity index (χ1) is 12.7. The van der Waals surface area contributed by atoms with Crippen LogP contribution in [0, 0.1) is 0 Å². The number of thiol groups is 1. The van der Waals surface area contributed by atoms with Gasteiger partial charge in [0, 0.05) is 12.3 Å². The SMILES string of the molecule is CSCCC(NC(=O)C1CCCN1C(=O)C(N)CS)C(=O)NC(C)C(=O)O. The molecule has 5 N–H and O–H groups in total. The van der Waals surface area contributed by atoms with Gasteiger partial charge in [-0.3, -0.25) is 19.2 Å². The lowest BCUT2D eigenvalue weighted by Crippen LogP contribution is -2.56. The Hall–Kier alpha value is -1.46. The molecule has 0 aliphatic carbocycles. The van der Waals surface area contributed by atoms with Crippen molar-refractivity contribution in [2.24, 2.45) is 5.73 Å². The number of aliphatic carboxylic acids is 1. The highest BCUT2D eigenvalue weighted by Gasteiger charge is 2.37. The molecule has 154 valence electrons. The molecule has 9 nitrogen and oxygen atoms in total. The van der Waals surface area contributed by atoms with Gasteiger partial charge in [0.15, 0.2) is 0 Å². The van der Waals surface area contributed by atoms with E-state index in [0.29, 0.717) is 31.6 Å². The minimum atomic E-state index is -1.16. The summed E-state index contributed by atoms with van der Waals surface area (Å²) in [6.07, 6.45) is 3.37. The van der Waals surface area contributed by atoms with Gasteiger partial charge in [0.25, 0.3) is 0 Å². The third kappa shape index (κ3) is 6.89. The van der Waals surface area contributed by atoms with Crippen LogP contribution in [0.4, 0.5) is 0 Å². The zero-order valence-electron chi connectivity index (χ0n) is 15.5. The van der Waals surface area contributed by atoms with Crippen molar-refractivity contribution >= 4 is 48.1 Å². The molecule has 1 aliphatic heterocycles. The molecule has 1 heterocycles. The molecule has 0 aromatic carbocycles. The van der Waals surface area contributed by atoms with Crippen LogP contribution >= 0.6 is 24.4 Å². The smallest absolute Gasteiger partial charge is 0.325 e. The van der Waals surface area contributed by atoms with Crippen LogP contribution in [0.25, 0.3) is 0 Å². The second-order valence-corrected chi connectivity index (χ2v) is 7.74. The van der Waals surface area contributed by atoms with Gasteiger partial charge < -0.3 is 26.4 Å². The minimum absolute atomic E-state index is 0.176. The molecule has 11 heteroatoms. The first kappa shape index (κ1) is 23.6. The summed E-state index contributed by atoms with van der Waals surface area (Å²) < 4.78 is 0. The molecule has 1 fully saturated rings. The van der Waals surface area contributed by atoms with E-state index < -0.39 is 42.0 Å². The number of carboxylic acids is 1. The Bertz CT molecular complexity index is 563. The predicted octanol–water partition coefficient (Wildman–Crippen LogP) is -0.938. The van der Waals surface area contributed by atoms with Crippen LogP contribution in [-0.4, -0.2) is 82.2 Å². The fourth-order valence-corrected chi connectivity index (χ4v) is 3.37. The second-order valence-electron chi connectivity index (χ2n) is 6.39. The standard InChI is InChI=1S/C16H28N4O5S2/c1-9(16(24)25)18-13(21)11(5-7-27-2)19-14(22)12-4-3-6-20(12)15(23)10(17)8-26/h9-12,26H,3-8,17H2,1-2H3,(H,18,21)(H,19,22)(H,24,25). The van der Waals surface area contributed by atoms with Crippen LogP contribution in [0.1, 0.15) is 26.2 Å². The summed E-state index contributed by atoms with van der Waals surface area (Å²) >= 11 is 5.53. The molecular weight excluding hydrogens is 392 g/mol. The topological polar surface area (TPSA) is 142 Å². The third-order valence-corrected chi connectivity index (χ3v) is 5.36. The summed E-state index contributed by atoms with van der Waals surface area (Å²) in [5, 5.41) is 14.0.